The molecule has 0 unspecified atom stereocenters. The van der Waals surface area contributed by atoms with E-state index in [-0.39, 0.29) is 0 Å². The first-order valence-electron chi connectivity index (χ1n) is 6.64. The molecule has 104 valence electrons. The second kappa shape index (κ2) is 7.53. The van der Waals surface area contributed by atoms with Crippen molar-refractivity contribution in [2.75, 3.05) is 26.0 Å². The summed E-state index contributed by atoms with van der Waals surface area (Å²) in [6.45, 7) is 4.50. The Morgan fingerprint density at radius 3 is 3.11 bits per heavy atom. The van der Waals surface area contributed by atoms with E-state index in [9.17, 15) is 0 Å². The fourth-order valence-corrected chi connectivity index (χ4v) is 2.62. The summed E-state index contributed by atoms with van der Waals surface area (Å²) in [7, 11) is 1.71. The Morgan fingerprint density at radius 2 is 2.32 bits per heavy atom. The molecule has 0 saturated carbocycles. The summed E-state index contributed by atoms with van der Waals surface area (Å²) >= 11 is 1.89. The van der Waals surface area contributed by atoms with Gasteiger partial charge in [0.2, 0.25) is 0 Å². The lowest BCUT2D eigenvalue weighted by Crippen LogP contribution is -2.19. The molecular weight excluding hydrogens is 258 g/mol. The number of thioether (sulfide) groups is 1. The molecule has 1 aromatic heterocycles. The number of aromatic amines is 1. The summed E-state index contributed by atoms with van der Waals surface area (Å²) < 4.78 is 5.00. The average Bonchev–Trinajstić information content (AvgIpc) is 2.83. The highest BCUT2D eigenvalue weighted by Crippen LogP contribution is 2.22. The molecule has 0 aliphatic carbocycles. The van der Waals surface area contributed by atoms with Gasteiger partial charge in [0.05, 0.1) is 24.2 Å². The zero-order valence-electron chi connectivity index (χ0n) is 11.5. The van der Waals surface area contributed by atoms with Crippen LogP contribution in [0.15, 0.2) is 23.1 Å². The van der Waals surface area contributed by atoms with E-state index >= 15 is 0 Å². The second-order valence-corrected chi connectivity index (χ2v) is 5.55. The van der Waals surface area contributed by atoms with Crippen LogP contribution < -0.4 is 5.32 Å². The number of ether oxygens (including phenoxy) is 1. The van der Waals surface area contributed by atoms with Crippen LogP contribution in [-0.2, 0) is 11.3 Å². The highest BCUT2D eigenvalue weighted by atomic mass is 32.2. The van der Waals surface area contributed by atoms with Crippen LogP contribution in [0, 0.1) is 0 Å². The molecule has 1 heterocycles. The maximum absolute atomic E-state index is 5.00. The van der Waals surface area contributed by atoms with Crippen LogP contribution in [0.4, 0.5) is 0 Å². The van der Waals surface area contributed by atoms with Gasteiger partial charge < -0.3 is 15.0 Å². The molecule has 0 fully saturated rings. The van der Waals surface area contributed by atoms with Gasteiger partial charge in [-0.25, -0.2) is 4.98 Å². The van der Waals surface area contributed by atoms with Crippen molar-refractivity contribution in [3.63, 3.8) is 0 Å². The van der Waals surface area contributed by atoms with Gasteiger partial charge in [-0.1, -0.05) is 6.92 Å². The van der Waals surface area contributed by atoms with Crippen LogP contribution in [0.2, 0.25) is 0 Å². The van der Waals surface area contributed by atoms with Crippen LogP contribution in [0.1, 0.15) is 19.2 Å². The van der Waals surface area contributed by atoms with Gasteiger partial charge in [-0.05, 0) is 30.4 Å². The standard InChI is InChI=1S/C14H21N3OS/c1-3-8-19-11-4-5-12-13(9-11)17-14(16-12)10-15-6-7-18-2/h4-5,9,15H,3,6-8,10H2,1-2H3,(H,16,17). The number of rotatable bonds is 8. The summed E-state index contributed by atoms with van der Waals surface area (Å²) in [5.41, 5.74) is 2.15. The first-order valence-corrected chi connectivity index (χ1v) is 7.63. The zero-order valence-corrected chi connectivity index (χ0v) is 12.3. The Morgan fingerprint density at radius 1 is 1.42 bits per heavy atom. The Balaban J connectivity index is 1.99. The van der Waals surface area contributed by atoms with Crippen molar-refractivity contribution in [2.45, 2.75) is 24.8 Å². The largest absolute Gasteiger partial charge is 0.383 e. The molecule has 0 saturated heterocycles. The second-order valence-electron chi connectivity index (χ2n) is 4.38. The number of nitrogens with one attached hydrogen (secondary N) is 2. The van der Waals surface area contributed by atoms with Gasteiger partial charge in [-0.15, -0.1) is 11.8 Å². The molecule has 0 aliphatic rings. The lowest BCUT2D eigenvalue weighted by molar-refractivity contribution is 0.199. The molecule has 4 nitrogen and oxygen atoms in total. The molecule has 0 spiro atoms. The van der Waals surface area contributed by atoms with Crippen LogP contribution in [-0.4, -0.2) is 36.0 Å². The van der Waals surface area contributed by atoms with Gasteiger partial charge in [0, 0.05) is 18.6 Å². The number of methoxy groups -OCH3 is 1. The molecule has 0 atom stereocenters. The molecule has 0 aliphatic heterocycles. The average molecular weight is 279 g/mol. The number of H-pyrrole nitrogens is 1. The third-order valence-corrected chi connectivity index (χ3v) is 3.95. The molecule has 2 aromatic rings. The lowest BCUT2D eigenvalue weighted by Gasteiger charge is -2.00. The smallest absolute Gasteiger partial charge is 0.121 e. The number of benzene rings is 1. The Bertz CT molecular complexity index is 512. The Hall–Kier alpha value is -1.04. The molecule has 0 amide bonds. The molecule has 19 heavy (non-hydrogen) atoms. The van der Waals surface area contributed by atoms with E-state index in [4.69, 9.17) is 4.74 Å². The normalized spacial score (nSPS) is 11.3. The SMILES string of the molecule is CCCSc1ccc2nc(CNCCOC)[nH]c2c1. The number of aromatic nitrogens is 2. The third kappa shape index (κ3) is 4.23. The third-order valence-electron chi connectivity index (χ3n) is 2.75. The minimum absolute atomic E-state index is 0.720. The van der Waals surface area contributed by atoms with Crippen LogP contribution in [0.3, 0.4) is 0 Å². The number of imidazole rings is 1. The fourth-order valence-electron chi connectivity index (χ4n) is 1.82. The van der Waals surface area contributed by atoms with Crippen LogP contribution >= 0.6 is 11.8 Å². The fraction of sp³-hybridized carbons (Fsp3) is 0.500. The van der Waals surface area contributed by atoms with E-state index in [0.717, 1.165) is 42.3 Å². The quantitative estimate of drug-likeness (QED) is 0.576. The van der Waals surface area contributed by atoms with Crippen LogP contribution in [0.5, 0.6) is 0 Å². The van der Waals surface area contributed by atoms with Gasteiger partial charge in [-0.2, -0.15) is 0 Å². The van der Waals surface area contributed by atoms with Crippen molar-refractivity contribution < 1.29 is 4.74 Å². The zero-order chi connectivity index (χ0) is 13.5. The minimum Gasteiger partial charge on any atom is -0.383 e. The highest BCUT2D eigenvalue weighted by molar-refractivity contribution is 7.99. The lowest BCUT2D eigenvalue weighted by atomic mass is 10.3. The van der Waals surface area contributed by atoms with Crippen molar-refractivity contribution >= 4 is 22.8 Å². The molecule has 0 bridgehead atoms. The van der Waals surface area contributed by atoms with E-state index in [1.54, 1.807) is 7.11 Å². The van der Waals surface area contributed by atoms with E-state index in [0.29, 0.717) is 0 Å². The highest BCUT2D eigenvalue weighted by Gasteiger charge is 2.03. The predicted octanol–water partition coefficient (Wildman–Crippen LogP) is 2.80. The molecule has 5 heteroatoms. The molecular formula is C14H21N3OS. The van der Waals surface area contributed by atoms with Crippen molar-refractivity contribution in [3.8, 4) is 0 Å². The van der Waals surface area contributed by atoms with Crippen molar-refractivity contribution in [3.05, 3.63) is 24.0 Å². The maximum Gasteiger partial charge on any atom is 0.121 e. The van der Waals surface area contributed by atoms with Gasteiger partial charge in [-0.3, -0.25) is 0 Å². The van der Waals surface area contributed by atoms with E-state index in [2.05, 4.69) is 40.4 Å². The monoisotopic (exact) mass is 279 g/mol. The summed E-state index contributed by atoms with van der Waals surface area (Å²) in [6, 6.07) is 6.41. The summed E-state index contributed by atoms with van der Waals surface area (Å²) in [5, 5.41) is 3.29. The first kappa shape index (κ1) is 14.4. The first-order chi connectivity index (χ1) is 9.33. The molecule has 2 N–H and O–H groups in total. The van der Waals surface area contributed by atoms with Gasteiger partial charge in [0.1, 0.15) is 5.82 Å². The molecule has 2 rings (SSSR count). The van der Waals surface area contributed by atoms with Crippen LogP contribution in [0.25, 0.3) is 11.0 Å². The van der Waals surface area contributed by atoms with E-state index in [1.807, 2.05) is 11.8 Å². The number of hydrogen-bond donors (Lipinski definition) is 2. The topological polar surface area (TPSA) is 49.9 Å². The maximum atomic E-state index is 5.00. The summed E-state index contributed by atoms with van der Waals surface area (Å²) in [4.78, 5) is 9.23. The van der Waals surface area contributed by atoms with E-state index < -0.39 is 0 Å². The molecule has 0 radical (unpaired) electrons. The number of fused-ring (bicyclic) bond motifs is 1. The molecule has 1 aromatic carbocycles. The Kier molecular flexibility index (Phi) is 5.69. The predicted molar refractivity (Wildman–Crippen MR) is 80.7 cm³/mol. The van der Waals surface area contributed by atoms with Gasteiger partial charge >= 0.3 is 0 Å². The number of nitrogens with zero attached hydrogens (tertiary/aromatic N) is 1. The summed E-state index contributed by atoms with van der Waals surface area (Å²) in [6.07, 6.45) is 1.19. The van der Waals surface area contributed by atoms with Crippen molar-refractivity contribution in [1.29, 1.82) is 0 Å². The van der Waals surface area contributed by atoms with E-state index in [1.165, 1.54) is 11.3 Å². The van der Waals surface area contributed by atoms with Crippen molar-refractivity contribution in [1.82, 2.24) is 15.3 Å². The van der Waals surface area contributed by atoms with Gasteiger partial charge in [0.15, 0.2) is 0 Å². The van der Waals surface area contributed by atoms with Gasteiger partial charge in [0.25, 0.3) is 0 Å². The summed E-state index contributed by atoms with van der Waals surface area (Å²) in [5.74, 6) is 2.13. The van der Waals surface area contributed by atoms with Crippen molar-refractivity contribution in [2.24, 2.45) is 0 Å². The minimum atomic E-state index is 0.720. The Labute approximate surface area is 118 Å². The number of hydrogen-bond acceptors (Lipinski definition) is 4.